The summed E-state index contributed by atoms with van der Waals surface area (Å²) in [7, 11) is 0. The number of fused-ring (bicyclic) bond motifs is 3. The normalized spacial score (nSPS) is 22.1. The number of ether oxygens (including phenoxy) is 1. The van der Waals surface area contributed by atoms with E-state index in [-0.39, 0.29) is 30.0 Å². The summed E-state index contributed by atoms with van der Waals surface area (Å²) in [5, 5.41) is 4.11. The van der Waals surface area contributed by atoms with Crippen molar-refractivity contribution in [2.45, 2.75) is 51.0 Å². The highest BCUT2D eigenvalue weighted by Gasteiger charge is 2.41. The second-order valence-corrected chi connectivity index (χ2v) is 9.61. The first-order valence-electron chi connectivity index (χ1n) is 11.1. The molecule has 0 radical (unpaired) electrons. The topological polar surface area (TPSA) is 40.3 Å². The predicted octanol–water partition coefficient (Wildman–Crippen LogP) is 4.88. The molecule has 32 heavy (non-hydrogen) atoms. The number of rotatable bonds is 5. The number of nitrogens with zero attached hydrogens (tertiary/aromatic N) is 1. The number of alkyl halides is 1. The highest BCUT2D eigenvalue weighted by molar-refractivity contribution is 5.85. The van der Waals surface area contributed by atoms with Crippen LogP contribution in [0.15, 0.2) is 36.4 Å². The summed E-state index contributed by atoms with van der Waals surface area (Å²) in [6.07, 6.45) is 0.587. The summed E-state index contributed by atoms with van der Waals surface area (Å²) < 4.78 is 51.4. The molecule has 3 heterocycles. The summed E-state index contributed by atoms with van der Waals surface area (Å²) in [5.41, 5.74) is 1.07. The van der Waals surface area contributed by atoms with E-state index in [0.29, 0.717) is 19.5 Å². The van der Waals surface area contributed by atoms with Gasteiger partial charge in [-0.05, 0) is 38.8 Å². The molecule has 0 bridgehead atoms. The van der Waals surface area contributed by atoms with Crippen LogP contribution in [0.2, 0.25) is 0 Å². The third-order valence-electron chi connectivity index (χ3n) is 6.45. The zero-order valence-corrected chi connectivity index (χ0v) is 18.5. The SMILES string of the molecule is C[C@@H]1Cc2c([nH]c3ccccc23)C(c2c(F)cc(OC3CNC3)cc2F)N1CC(C)(C)F. The monoisotopic (exact) mass is 443 g/mol. The van der Waals surface area contributed by atoms with Crippen molar-refractivity contribution in [3.8, 4) is 5.75 Å². The average Bonchev–Trinajstić information content (AvgIpc) is 3.04. The molecule has 1 saturated heterocycles. The van der Waals surface area contributed by atoms with Gasteiger partial charge in [0.2, 0.25) is 0 Å². The molecule has 0 aliphatic carbocycles. The molecule has 2 atom stereocenters. The molecular weight excluding hydrogens is 415 g/mol. The molecule has 1 fully saturated rings. The lowest BCUT2D eigenvalue weighted by atomic mass is 9.87. The van der Waals surface area contributed by atoms with Crippen molar-refractivity contribution in [3.63, 3.8) is 0 Å². The van der Waals surface area contributed by atoms with Gasteiger partial charge < -0.3 is 15.0 Å². The van der Waals surface area contributed by atoms with Gasteiger partial charge in [-0.25, -0.2) is 13.2 Å². The third-order valence-corrected chi connectivity index (χ3v) is 6.45. The maximum Gasteiger partial charge on any atom is 0.135 e. The fourth-order valence-electron chi connectivity index (χ4n) is 4.93. The molecule has 0 spiro atoms. The van der Waals surface area contributed by atoms with E-state index in [1.807, 2.05) is 36.1 Å². The van der Waals surface area contributed by atoms with Crippen LogP contribution in [0.4, 0.5) is 13.2 Å². The summed E-state index contributed by atoms with van der Waals surface area (Å²) in [4.78, 5) is 5.25. The molecule has 2 aliphatic rings. The lowest BCUT2D eigenvalue weighted by molar-refractivity contribution is 0.0641. The Balaban J connectivity index is 1.65. The van der Waals surface area contributed by atoms with E-state index in [4.69, 9.17) is 4.74 Å². The van der Waals surface area contributed by atoms with Crippen LogP contribution < -0.4 is 10.1 Å². The van der Waals surface area contributed by atoms with Crippen molar-refractivity contribution < 1.29 is 17.9 Å². The number of halogens is 3. The molecule has 5 rings (SSSR count). The summed E-state index contributed by atoms with van der Waals surface area (Å²) in [6.45, 7) is 6.34. The van der Waals surface area contributed by atoms with Gasteiger partial charge >= 0.3 is 0 Å². The highest BCUT2D eigenvalue weighted by Crippen LogP contribution is 2.43. The quantitative estimate of drug-likeness (QED) is 0.591. The van der Waals surface area contributed by atoms with Crippen LogP contribution >= 0.6 is 0 Å². The fourth-order valence-corrected chi connectivity index (χ4v) is 4.93. The van der Waals surface area contributed by atoms with E-state index < -0.39 is 23.3 Å². The number of H-pyrrole nitrogens is 1. The molecule has 0 amide bonds. The van der Waals surface area contributed by atoms with Gasteiger partial charge in [-0.1, -0.05) is 18.2 Å². The molecule has 1 unspecified atom stereocenters. The van der Waals surface area contributed by atoms with Crippen molar-refractivity contribution in [1.82, 2.24) is 15.2 Å². The van der Waals surface area contributed by atoms with Crippen LogP contribution in [-0.2, 0) is 6.42 Å². The van der Waals surface area contributed by atoms with Crippen LogP contribution in [0, 0.1) is 11.6 Å². The second kappa shape index (κ2) is 7.81. The van der Waals surface area contributed by atoms with Crippen molar-refractivity contribution in [3.05, 3.63) is 64.9 Å². The molecule has 7 heteroatoms. The Bertz CT molecular complexity index is 1130. The number of benzene rings is 2. The number of nitrogens with one attached hydrogen (secondary N) is 2. The van der Waals surface area contributed by atoms with Crippen molar-refractivity contribution >= 4 is 10.9 Å². The molecule has 2 aromatic carbocycles. The Labute approximate surface area is 185 Å². The van der Waals surface area contributed by atoms with Crippen molar-refractivity contribution in [1.29, 1.82) is 0 Å². The lowest BCUT2D eigenvalue weighted by Gasteiger charge is -2.43. The van der Waals surface area contributed by atoms with Gasteiger partial charge in [0.15, 0.2) is 0 Å². The van der Waals surface area contributed by atoms with E-state index in [0.717, 1.165) is 22.2 Å². The maximum absolute atomic E-state index is 15.5. The molecule has 2 aliphatic heterocycles. The molecule has 0 saturated carbocycles. The zero-order chi connectivity index (χ0) is 22.6. The third kappa shape index (κ3) is 3.77. The van der Waals surface area contributed by atoms with E-state index >= 15 is 8.78 Å². The van der Waals surface area contributed by atoms with Crippen molar-refractivity contribution in [2.75, 3.05) is 19.6 Å². The Hall–Kier alpha value is -2.51. The van der Waals surface area contributed by atoms with Crippen molar-refractivity contribution in [2.24, 2.45) is 0 Å². The molecule has 2 N–H and O–H groups in total. The molecule has 4 nitrogen and oxygen atoms in total. The first kappa shape index (κ1) is 21.3. The first-order valence-corrected chi connectivity index (χ1v) is 11.1. The molecule has 170 valence electrons. The number of aromatic amines is 1. The Morgan fingerprint density at radius 2 is 1.81 bits per heavy atom. The van der Waals surface area contributed by atoms with E-state index in [2.05, 4.69) is 10.3 Å². The second-order valence-electron chi connectivity index (χ2n) is 9.61. The van der Waals surface area contributed by atoms with Crippen LogP contribution in [0.25, 0.3) is 10.9 Å². The van der Waals surface area contributed by atoms with Crippen LogP contribution in [-0.4, -0.2) is 47.3 Å². The van der Waals surface area contributed by atoms with E-state index in [9.17, 15) is 4.39 Å². The Morgan fingerprint density at radius 3 is 2.44 bits per heavy atom. The van der Waals surface area contributed by atoms with Gasteiger partial charge in [0, 0.05) is 60.0 Å². The Morgan fingerprint density at radius 1 is 1.12 bits per heavy atom. The summed E-state index contributed by atoms with van der Waals surface area (Å²) >= 11 is 0. The van der Waals surface area contributed by atoms with Crippen LogP contribution in [0.3, 0.4) is 0 Å². The van der Waals surface area contributed by atoms with Gasteiger partial charge in [0.1, 0.15) is 29.2 Å². The summed E-state index contributed by atoms with van der Waals surface area (Å²) in [6, 6.07) is 9.47. The average molecular weight is 444 g/mol. The number of hydrogen-bond donors (Lipinski definition) is 2. The standard InChI is InChI=1S/C25H28F3N3O/c1-14-8-18-17-6-4-5-7-21(17)30-23(18)24(31(14)13-25(2,3)28)22-19(26)9-15(10-20(22)27)32-16-11-29-12-16/h4-7,9-10,14,16,24,29-30H,8,11-13H2,1-3H3/t14-,24?/m1/s1. The Kier molecular flexibility index (Phi) is 5.21. The van der Waals surface area contributed by atoms with E-state index in [1.165, 1.54) is 26.0 Å². The summed E-state index contributed by atoms with van der Waals surface area (Å²) in [5.74, 6) is -1.19. The highest BCUT2D eigenvalue weighted by atomic mass is 19.1. The zero-order valence-electron chi connectivity index (χ0n) is 18.5. The lowest BCUT2D eigenvalue weighted by Crippen LogP contribution is -2.50. The van der Waals surface area contributed by atoms with Gasteiger partial charge in [0.05, 0.1) is 6.04 Å². The number of aromatic nitrogens is 1. The van der Waals surface area contributed by atoms with Gasteiger partial charge in [-0.2, -0.15) is 0 Å². The van der Waals surface area contributed by atoms with Crippen LogP contribution in [0.1, 0.15) is 43.6 Å². The number of para-hydroxylation sites is 1. The molecule has 3 aromatic rings. The van der Waals surface area contributed by atoms with Crippen LogP contribution in [0.5, 0.6) is 5.75 Å². The number of hydrogen-bond acceptors (Lipinski definition) is 3. The minimum Gasteiger partial charge on any atom is -0.488 e. The minimum absolute atomic E-state index is 0.0541. The fraction of sp³-hybridized carbons (Fsp3) is 0.440. The van der Waals surface area contributed by atoms with Gasteiger partial charge in [0.25, 0.3) is 0 Å². The molecular formula is C25H28F3N3O. The van der Waals surface area contributed by atoms with E-state index in [1.54, 1.807) is 0 Å². The smallest absolute Gasteiger partial charge is 0.135 e. The first-order chi connectivity index (χ1) is 15.2. The predicted molar refractivity (Wildman–Crippen MR) is 119 cm³/mol. The van der Waals surface area contributed by atoms with Gasteiger partial charge in [-0.15, -0.1) is 0 Å². The van der Waals surface area contributed by atoms with Gasteiger partial charge in [-0.3, -0.25) is 4.90 Å². The minimum atomic E-state index is -1.52. The maximum atomic E-state index is 15.5. The molecule has 1 aromatic heterocycles. The largest absolute Gasteiger partial charge is 0.488 e.